The molecule has 0 aliphatic carbocycles. The smallest absolute Gasteiger partial charge is 0.270 e. The van der Waals surface area contributed by atoms with E-state index in [1.807, 2.05) is 69.4 Å². The summed E-state index contributed by atoms with van der Waals surface area (Å²) >= 11 is 0. The molecular weight excluding hydrogens is 480 g/mol. The zero-order valence-electron chi connectivity index (χ0n) is 20.1. The number of aryl methyl sites for hydroxylation is 2. The molecule has 36 heavy (non-hydrogen) atoms. The van der Waals surface area contributed by atoms with Crippen molar-refractivity contribution >= 4 is 38.9 Å². The van der Waals surface area contributed by atoms with Crippen molar-refractivity contribution in [2.45, 2.75) is 18.7 Å². The molecule has 0 unspecified atom stereocenters. The summed E-state index contributed by atoms with van der Waals surface area (Å²) in [7, 11) is -2.27. The van der Waals surface area contributed by atoms with Gasteiger partial charge in [-0.2, -0.15) is 4.57 Å². The number of aromatic nitrogens is 1. The zero-order chi connectivity index (χ0) is 26.3. The fourth-order valence-electron chi connectivity index (χ4n) is 3.45. The molecular formula is C27H26N2O6S. The molecule has 8 nitrogen and oxygen atoms in total. The van der Waals surface area contributed by atoms with Gasteiger partial charge in [-0.3, -0.25) is 10.1 Å². The minimum atomic E-state index is -4.27. The molecule has 0 saturated heterocycles. The Hall–Kier alpha value is -4.08. The van der Waals surface area contributed by atoms with Crippen molar-refractivity contribution < 1.29 is 27.2 Å². The summed E-state index contributed by atoms with van der Waals surface area (Å²) in [5, 5.41) is 12.0. The van der Waals surface area contributed by atoms with Gasteiger partial charge in [-0.1, -0.05) is 29.8 Å². The molecule has 1 heterocycles. The largest absolute Gasteiger partial charge is 0.744 e. The van der Waals surface area contributed by atoms with Crippen molar-refractivity contribution in [2.75, 3.05) is 6.61 Å². The normalized spacial score (nSPS) is 11.2. The van der Waals surface area contributed by atoms with Crippen LogP contribution in [0.25, 0.3) is 23.1 Å². The molecule has 0 bridgehead atoms. The summed E-state index contributed by atoms with van der Waals surface area (Å²) in [5.74, 6) is 0.856. The first-order valence-corrected chi connectivity index (χ1v) is 12.5. The summed E-state index contributed by atoms with van der Waals surface area (Å²) in [5.41, 5.74) is 3.90. The van der Waals surface area contributed by atoms with E-state index in [0.29, 0.717) is 6.61 Å². The zero-order valence-corrected chi connectivity index (χ0v) is 20.9. The fourth-order valence-corrected chi connectivity index (χ4v) is 3.92. The Morgan fingerprint density at radius 3 is 2.33 bits per heavy atom. The second-order valence-electron chi connectivity index (χ2n) is 7.92. The van der Waals surface area contributed by atoms with Gasteiger partial charge in [-0.15, -0.1) is 0 Å². The third-order valence-electron chi connectivity index (χ3n) is 5.33. The second kappa shape index (κ2) is 11.6. The summed E-state index contributed by atoms with van der Waals surface area (Å²) in [6, 6.07) is 22.4. The number of fused-ring (bicyclic) bond motifs is 1. The van der Waals surface area contributed by atoms with Crippen LogP contribution in [0.5, 0.6) is 5.75 Å². The molecule has 186 valence electrons. The Balaban J connectivity index is 0.000000275. The van der Waals surface area contributed by atoms with Crippen LogP contribution in [0.3, 0.4) is 0 Å². The summed E-state index contributed by atoms with van der Waals surface area (Å²) in [6.07, 6.45) is 3.83. The first-order valence-electron chi connectivity index (χ1n) is 11.1. The van der Waals surface area contributed by atoms with Crippen LogP contribution in [0, 0.1) is 17.0 Å². The number of nitrogens with zero attached hydrogens (tertiary/aromatic N) is 2. The number of nitro groups is 1. The molecule has 0 saturated carbocycles. The van der Waals surface area contributed by atoms with E-state index in [2.05, 4.69) is 4.57 Å². The van der Waals surface area contributed by atoms with Gasteiger partial charge >= 0.3 is 0 Å². The predicted molar refractivity (Wildman–Crippen MR) is 137 cm³/mol. The van der Waals surface area contributed by atoms with Gasteiger partial charge in [-0.05, 0) is 55.8 Å². The lowest BCUT2D eigenvalue weighted by atomic mass is 10.1. The molecule has 3 aromatic carbocycles. The maximum Gasteiger partial charge on any atom is 0.270 e. The Morgan fingerprint density at radius 2 is 1.69 bits per heavy atom. The summed E-state index contributed by atoms with van der Waals surface area (Å²) in [4.78, 5) is 10.3. The third-order valence-corrected chi connectivity index (χ3v) is 6.18. The molecule has 0 atom stereocenters. The number of hydrogen-bond acceptors (Lipinski definition) is 6. The minimum Gasteiger partial charge on any atom is -0.744 e. The maximum atomic E-state index is 10.9. The number of non-ortho nitro benzene ring substituents is 1. The fraction of sp³-hybridized carbons (Fsp3) is 0.148. The van der Waals surface area contributed by atoms with Crippen molar-refractivity contribution in [1.82, 2.24) is 0 Å². The third kappa shape index (κ3) is 6.97. The van der Waals surface area contributed by atoms with Crippen LogP contribution in [0.4, 0.5) is 5.69 Å². The highest BCUT2D eigenvalue weighted by atomic mass is 32.2. The highest BCUT2D eigenvalue weighted by Gasteiger charge is 2.11. The number of hydrogen-bond donors (Lipinski definition) is 0. The van der Waals surface area contributed by atoms with Crippen LogP contribution in [0.1, 0.15) is 23.7 Å². The number of nitro benzene ring substituents is 1. The van der Waals surface area contributed by atoms with Crippen LogP contribution in [-0.4, -0.2) is 24.5 Å². The summed E-state index contributed by atoms with van der Waals surface area (Å²) < 4.78 is 38.8. The van der Waals surface area contributed by atoms with Gasteiger partial charge in [0.25, 0.3) is 5.69 Å². The summed E-state index contributed by atoms with van der Waals surface area (Å²) in [6.45, 7) is 4.43. The van der Waals surface area contributed by atoms with Gasteiger partial charge in [-0.25, -0.2) is 8.42 Å². The van der Waals surface area contributed by atoms with E-state index in [-0.39, 0.29) is 15.5 Å². The lowest BCUT2D eigenvalue weighted by molar-refractivity contribution is -0.646. The van der Waals surface area contributed by atoms with Crippen molar-refractivity contribution in [3.05, 3.63) is 106 Å². The van der Waals surface area contributed by atoms with E-state index in [0.717, 1.165) is 33.5 Å². The molecule has 0 fully saturated rings. The maximum absolute atomic E-state index is 10.9. The van der Waals surface area contributed by atoms with Crippen molar-refractivity contribution in [3.8, 4) is 5.75 Å². The molecule has 0 N–H and O–H groups in total. The van der Waals surface area contributed by atoms with E-state index >= 15 is 0 Å². The van der Waals surface area contributed by atoms with E-state index in [9.17, 15) is 23.1 Å². The topological polar surface area (TPSA) is 113 Å². The Labute approximate surface area is 210 Å². The SMILES string of the molecule is CCOc1ccc2c(ccc(C=Cc3cccc([N+](=O)[O-])c3)[n+]2C)c1.Cc1ccc(S(=O)(=O)[O-])cc1. The molecule has 0 aliphatic heterocycles. The van der Waals surface area contributed by atoms with Gasteiger partial charge in [0, 0.05) is 30.3 Å². The molecule has 1 aromatic heterocycles. The average Bonchev–Trinajstić information content (AvgIpc) is 2.84. The Morgan fingerprint density at radius 1 is 0.972 bits per heavy atom. The standard InChI is InChI=1S/C20H19N2O3.C7H8O3S/c1-3-25-19-11-12-20-16(14-19)8-10-17(21(20)2)9-7-15-5-4-6-18(13-15)22(23)24;1-6-2-4-7(5-3-6)11(8,9)10/h4-14H,3H2,1-2H3;2-5H,1H3,(H,8,9,10)/q+1;/p-1. The highest BCUT2D eigenvalue weighted by Crippen LogP contribution is 2.20. The van der Waals surface area contributed by atoms with Crippen LogP contribution < -0.4 is 9.30 Å². The lowest BCUT2D eigenvalue weighted by Crippen LogP contribution is -2.32. The predicted octanol–water partition coefficient (Wildman–Crippen LogP) is 5.04. The van der Waals surface area contributed by atoms with Gasteiger partial charge < -0.3 is 9.29 Å². The van der Waals surface area contributed by atoms with E-state index in [1.165, 1.54) is 18.2 Å². The minimum absolute atomic E-state index is 0.0912. The molecule has 9 heteroatoms. The average molecular weight is 507 g/mol. The molecule has 0 aliphatic rings. The molecule has 0 amide bonds. The first-order chi connectivity index (χ1) is 17.1. The Kier molecular flexibility index (Phi) is 8.52. The second-order valence-corrected chi connectivity index (χ2v) is 9.30. The number of ether oxygens (including phenoxy) is 1. The molecule has 0 radical (unpaired) electrons. The number of pyridine rings is 1. The molecule has 0 spiro atoms. The Bertz CT molecular complexity index is 1510. The quantitative estimate of drug-likeness (QED) is 0.157. The van der Waals surface area contributed by atoms with Crippen molar-refractivity contribution in [1.29, 1.82) is 0 Å². The van der Waals surface area contributed by atoms with E-state index in [1.54, 1.807) is 24.3 Å². The van der Waals surface area contributed by atoms with E-state index in [4.69, 9.17) is 4.74 Å². The van der Waals surface area contributed by atoms with Gasteiger partial charge in [0.1, 0.15) is 22.9 Å². The van der Waals surface area contributed by atoms with Crippen molar-refractivity contribution in [3.63, 3.8) is 0 Å². The van der Waals surface area contributed by atoms with Gasteiger partial charge in [0.2, 0.25) is 11.2 Å². The van der Waals surface area contributed by atoms with Crippen LogP contribution in [-0.2, 0) is 17.2 Å². The first kappa shape index (κ1) is 26.5. The number of rotatable bonds is 6. The van der Waals surface area contributed by atoms with Gasteiger partial charge in [0.15, 0.2) is 0 Å². The van der Waals surface area contributed by atoms with E-state index < -0.39 is 10.1 Å². The van der Waals surface area contributed by atoms with Crippen LogP contribution in [0.15, 0.2) is 83.8 Å². The monoisotopic (exact) mass is 506 g/mol. The van der Waals surface area contributed by atoms with Crippen LogP contribution >= 0.6 is 0 Å². The molecule has 4 aromatic rings. The van der Waals surface area contributed by atoms with Crippen LogP contribution in [0.2, 0.25) is 0 Å². The number of benzene rings is 3. The van der Waals surface area contributed by atoms with Gasteiger partial charge in [0.05, 0.1) is 21.8 Å². The highest BCUT2D eigenvalue weighted by molar-refractivity contribution is 7.85. The molecule has 4 rings (SSSR count). The lowest BCUT2D eigenvalue weighted by Gasteiger charge is -2.05. The van der Waals surface area contributed by atoms with Crippen molar-refractivity contribution in [2.24, 2.45) is 7.05 Å².